The Bertz CT molecular complexity index is 895. The minimum atomic E-state index is -0.514. The number of fused-ring (bicyclic) bond motifs is 1. The van der Waals surface area contributed by atoms with Gasteiger partial charge in [0.2, 0.25) is 5.91 Å². The van der Waals surface area contributed by atoms with Crippen molar-refractivity contribution in [1.82, 2.24) is 24.4 Å². The van der Waals surface area contributed by atoms with Gasteiger partial charge in [-0.05, 0) is 18.8 Å². The van der Waals surface area contributed by atoms with Crippen LogP contribution in [0.2, 0.25) is 0 Å². The third kappa shape index (κ3) is 3.37. The van der Waals surface area contributed by atoms with Crippen LogP contribution in [-0.4, -0.2) is 49.5 Å². The van der Waals surface area contributed by atoms with E-state index in [0.717, 1.165) is 19.4 Å². The number of aryl methyl sites for hydroxylation is 2. The summed E-state index contributed by atoms with van der Waals surface area (Å²) in [6, 6.07) is 0.0931. The van der Waals surface area contributed by atoms with Crippen molar-refractivity contribution < 1.29 is 4.79 Å². The maximum absolute atomic E-state index is 12.6. The van der Waals surface area contributed by atoms with E-state index in [1.807, 2.05) is 4.90 Å². The molecule has 136 valence electrons. The second kappa shape index (κ2) is 6.83. The number of amides is 1. The highest BCUT2D eigenvalue weighted by Gasteiger charge is 2.28. The van der Waals surface area contributed by atoms with Crippen molar-refractivity contribution in [2.24, 2.45) is 18.7 Å². The number of aromatic nitrogens is 4. The number of nitrogens with zero attached hydrogens (tertiary/aromatic N) is 3. The molecule has 3 rings (SSSR count). The van der Waals surface area contributed by atoms with E-state index in [1.54, 1.807) is 0 Å². The molecule has 1 amide bonds. The number of nitrogens with two attached hydrogens (primary N) is 1. The molecule has 2 atom stereocenters. The molecule has 0 aromatic carbocycles. The smallest absolute Gasteiger partial charge is 0.329 e. The first-order valence-electron chi connectivity index (χ1n) is 8.58. The molecule has 2 unspecified atom stereocenters. The van der Waals surface area contributed by atoms with Crippen LogP contribution in [0.15, 0.2) is 9.59 Å². The average molecular weight is 348 g/mol. The highest BCUT2D eigenvalue weighted by Crippen LogP contribution is 2.22. The number of carbonyl (C=O) groups is 1. The molecule has 1 saturated heterocycles. The Morgan fingerprint density at radius 2 is 2.12 bits per heavy atom. The summed E-state index contributed by atoms with van der Waals surface area (Å²) in [5.74, 6) is 1.15. The molecule has 4 N–H and O–H groups in total. The van der Waals surface area contributed by atoms with E-state index in [1.165, 1.54) is 11.6 Å². The quantitative estimate of drug-likeness (QED) is 0.684. The van der Waals surface area contributed by atoms with Crippen LogP contribution in [0.25, 0.3) is 11.2 Å². The number of rotatable bonds is 4. The molecule has 0 bridgehead atoms. The van der Waals surface area contributed by atoms with Crippen LogP contribution in [0, 0.1) is 5.92 Å². The summed E-state index contributed by atoms with van der Waals surface area (Å²) in [6.07, 6.45) is 2.59. The third-order valence-corrected chi connectivity index (χ3v) is 4.95. The maximum atomic E-state index is 12.6. The molecule has 0 radical (unpaired) electrons. The number of aromatic amines is 2. The monoisotopic (exact) mass is 348 g/mol. The summed E-state index contributed by atoms with van der Waals surface area (Å²) < 4.78 is 1.27. The summed E-state index contributed by atoms with van der Waals surface area (Å²) in [7, 11) is 1.54. The van der Waals surface area contributed by atoms with Gasteiger partial charge in [-0.3, -0.25) is 19.1 Å². The molecule has 2 aromatic rings. The van der Waals surface area contributed by atoms with E-state index in [2.05, 4.69) is 21.9 Å². The zero-order chi connectivity index (χ0) is 18.1. The molecular formula is C16H24N6O3. The summed E-state index contributed by atoms with van der Waals surface area (Å²) >= 11 is 0. The van der Waals surface area contributed by atoms with Gasteiger partial charge in [0.05, 0.1) is 0 Å². The van der Waals surface area contributed by atoms with Gasteiger partial charge < -0.3 is 15.6 Å². The van der Waals surface area contributed by atoms with E-state index in [-0.39, 0.29) is 23.9 Å². The lowest BCUT2D eigenvalue weighted by Gasteiger charge is -2.38. The van der Waals surface area contributed by atoms with Crippen LogP contribution >= 0.6 is 0 Å². The topological polar surface area (TPSA) is 130 Å². The van der Waals surface area contributed by atoms with Crippen LogP contribution in [0.3, 0.4) is 0 Å². The van der Waals surface area contributed by atoms with Gasteiger partial charge in [-0.25, -0.2) is 9.78 Å². The van der Waals surface area contributed by atoms with Gasteiger partial charge >= 0.3 is 5.69 Å². The molecule has 3 heterocycles. The van der Waals surface area contributed by atoms with Crippen LogP contribution in [-0.2, 0) is 18.3 Å². The van der Waals surface area contributed by atoms with Crippen molar-refractivity contribution >= 4 is 17.1 Å². The minimum absolute atomic E-state index is 0.0469. The Balaban J connectivity index is 1.73. The molecule has 9 nitrogen and oxygen atoms in total. The first kappa shape index (κ1) is 17.4. The van der Waals surface area contributed by atoms with Crippen LogP contribution in [0.1, 0.15) is 32.0 Å². The Morgan fingerprint density at radius 1 is 1.36 bits per heavy atom. The number of imidazole rings is 1. The van der Waals surface area contributed by atoms with Crippen molar-refractivity contribution in [2.75, 3.05) is 13.1 Å². The van der Waals surface area contributed by atoms with E-state index in [0.29, 0.717) is 30.4 Å². The van der Waals surface area contributed by atoms with Gasteiger partial charge in [0.1, 0.15) is 11.3 Å². The van der Waals surface area contributed by atoms with Gasteiger partial charge in [-0.2, -0.15) is 0 Å². The highest BCUT2D eigenvalue weighted by molar-refractivity contribution is 5.77. The Morgan fingerprint density at radius 3 is 2.84 bits per heavy atom. The lowest BCUT2D eigenvalue weighted by Crippen LogP contribution is -2.49. The zero-order valence-electron chi connectivity index (χ0n) is 14.5. The largest absolute Gasteiger partial charge is 0.338 e. The number of carbonyl (C=O) groups excluding carboxylic acids is 1. The average Bonchev–Trinajstić information content (AvgIpc) is 3.02. The Hall–Kier alpha value is -2.42. The predicted molar refractivity (Wildman–Crippen MR) is 93.2 cm³/mol. The van der Waals surface area contributed by atoms with Crippen molar-refractivity contribution in [3.8, 4) is 0 Å². The summed E-state index contributed by atoms with van der Waals surface area (Å²) in [4.78, 5) is 47.3. The Kier molecular flexibility index (Phi) is 4.76. The van der Waals surface area contributed by atoms with E-state index in [9.17, 15) is 14.4 Å². The molecule has 0 aliphatic carbocycles. The predicted octanol–water partition coefficient (Wildman–Crippen LogP) is -0.532. The normalized spacial score (nSPS) is 21.0. The number of hydrogen-bond acceptors (Lipinski definition) is 5. The molecule has 0 spiro atoms. The van der Waals surface area contributed by atoms with Gasteiger partial charge in [0.25, 0.3) is 5.56 Å². The number of H-pyrrole nitrogens is 2. The van der Waals surface area contributed by atoms with Crippen LogP contribution in [0.5, 0.6) is 0 Å². The van der Waals surface area contributed by atoms with E-state index >= 15 is 0 Å². The third-order valence-electron chi connectivity index (χ3n) is 4.95. The fraction of sp³-hybridized carbons (Fsp3) is 0.625. The molecule has 1 aliphatic heterocycles. The molecule has 1 aliphatic rings. The number of hydrogen-bond donors (Lipinski definition) is 3. The van der Waals surface area contributed by atoms with Crippen molar-refractivity contribution in [3.05, 3.63) is 26.7 Å². The second-order valence-corrected chi connectivity index (χ2v) is 6.81. The summed E-state index contributed by atoms with van der Waals surface area (Å²) in [5, 5.41) is 0. The SMILES string of the molecule is CC1CCN(C(=O)CCc2nc3c([nH]2)c(=O)[nH]c(=O)n3C)C(CN)C1. The first-order chi connectivity index (χ1) is 11.9. The standard InChI is InChI=1S/C16H24N6O3/c1-9-5-6-22(10(7-9)8-17)12(23)4-3-11-18-13-14(19-11)21(2)16(25)20-15(13)24/h9-10H,3-8,17H2,1-2H3,(H,18,19)(H,20,24,25). The van der Waals surface area contributed by atoms with Gasteiger partial charge in [0.15, 0.2) is 5.65 Å². The van der Waals surface area contributed by atoms with E-state index in [4.69, 9.17) is 5.73 Å². The molecule has 2 aromatic heterocycles. The second-order valence-electron chi connectivity index (χ2n) is 6.81. The van der Waals surface area contributed by atoms with Crippen LogP contribution < -0.4 is 17.0 Å². The molecule has 25 heavy (non-hydrogen) atoms. The molecular weight excluding hydrogens is 324 g/mol. The highest BCUT2D eigenvalue weighted by atomic mass is 16.2. The van der Waals surface area contributed by atoms with Crippen molar-refractivity contribution in [2.45, 2.75) is 38.6 Å². The van der Waals surface area contributed by atoms with Gasteiger partial charge in [0, 0.05) is 39.0 Å². The summed E-state index contributed by atoms with van der Waals surface area (Å²) in [5.41, 5.74) is 5.34. The van der Waals surface area contributed by atoms with Crippen molar-refractivity contribution in [1.29, 1.82) is 0 Å². The van der Waals surface area contributed by atoms with Crippen LogP contribution in [0.4, 0.5) is 0 Å². The molecule has 0 saturated carbocycles. The maximum Gasteiger partial charge on any atom is 0.329 e. The minimum Gasteiger partial charge on any atom is -0.338 e. The van der Waals surface area contributed by atoms with Gasteiger partial charge in [-0.1, -0.05) is 6.92 Å². The Labute approximate surface area is 144 Å². The van der Waals surface area contributed by atoms with Crippen molar-refractivity contribution in [3.63, 3.8) is 0 Å². The van der Waals surface area contributed by atoms with E-state index < -0.39 is 11.2 Å². The molecule has 9 heteroatoms. The fourth-order valence-corrected chi connectivity index (χ4v) is 3.44. The fourth-order valence-electron chi connectivity index (χ4n) is 3.44. The summed E-state index contributed by atoms with van der Waals surface area (Å²) in [6.45, 7) is 3.38. The first-order valence-corrected chi connectivity index (χ1v) is 8.58. The number of piperidine rings is 1. The van der Waals surface area contributed by atoms with Gasteiger partial charge in [-0.15, -0.1) is 0 Å². The molecule has 1 fully saturated rings. The number of nitrogens with one attached hydrogen (secondary N) is 2. The number of likely N-dealkylation sites (tertiary alicyclic amines) is 1. The lowest BCUT2D eigenvalue weighted by atomic mass is 9.92. The lowest BCUT2D eigenvalue weighted by molar-refractivity contribution is -0.135. The zero-order valence-corrected chi connectivity index (χ0v) is 14.5.